The molecule has 0 radical (unpaired) electrons. The largest absolute Gasteiger partial charge is 0.496 e. The molecular weight excluding hydrogens is 224 g/mol. The van der Waals surface area contributed by atoms with Gasteiger partial charge in [0.05, 0.1) is 7.11 Å². The van der Waals surface area contributed by atoms with Gasteiger partial charge in [-0.25, -0.2) is 0 Å². The molecule has 100 valence electrons. The minimum atomic E-state index is 0.264. The van der Waals surface area contributed by atoms with Crippen molar-refractivity contribution >= 4 is 0 Å². The van der Waals surface area contributed by atoms with Gasteiger partial charge in [0.25, 0.3) is 0 Å². The fourth-order valence-electron chi connectivity index (χ4n) is 2.67. The van der Waals surface area contributed by atoms with Crippen LogP contribution in [0.4, 0.5) is 0 Å². The van der Waals surface area contributed by atoms with Crippen molar-refractivity contribution < 1.29 is 4.74 Å². The molecule has 0 bridgehead atoms. The summed E-state index contributed by atoms with van der Waals surface area (Å²) in [5.41, 5.74) is 1.52. The fraction of sp³-hybridized carbons (Fsp3) is 0.600. The van der Waals surface area contributed by atoms with E-state index < -0.39 is 0 Å². The summed E-state index contributed by atoms with van der Waals surface area (Å²) in [5.74, 6) is 0.981. The van der Waals surface area contributed by atoms with E-state index in [0.717, 1.165) is 18.8 Å². The van der Waals surface area contributed by atoms with Crippen LogP contribution in [0.15, 0.2) is 24.3 Å². The number of nitrogens with one attached hydrogen (secondary N) is 1. The summed E-state index contributed by atoms with van der Waals surface area (Å²) in [5, 5.41) is 3.57. The Morgan fingerprint density at radius 3 is 2.72 bits per heavy atom. The molecule has 1 saturated heterocycles. The van der Waals surface area contributed by atoms with Crippen LogP contribution in [0.2, 0.25) is 0 Å². The van der Waals surface area contributed by atoms with E-state index in [9.17, 15) is 0 Å². The fourth-order valence-corrected chi connectivity index (χ4v) is 2.67. The zero-order chi connectivity index (χ0) is 13.2. The third kappa shape index (κ3) is 3.03. The second-order valence-electron chi connectivity index (χ2n) is 5.85. The number of hydrogen-bond donors (Lipinski definition) is 1. The quantitative estimate of drug-likeness (QED) is 0.884. The van der Waals surface area contributed by atoms with Crippen LogP contribution in [0.25, 0.3) is 0 Å². The van der Waals surface area contributed by atoms with E-state index in [1.54, 1.807) is 7.11 Å². The zero-order valence-corrected chi connectivity index (χ0v) is 11.9. The number of benzene rings is 1. The van der Waals surface area contributed by atoms with Crippen molar-refractivity contribution in [3.05, 3.63) is 29.8 Å². The summed E-state index contributed by atoms with van der Waals surface area (Å²) in [6, 6.07) is 8.86. The minimum Gasteiger partial charge on any atom is -0.496 e. The molecule has 1 aliphatic heterocycles. The van der Waals surface area contributed by atoms with Crippen molar-refractivity contribution in [1.29, 1.82) is 0 Å². The highest BCUT2D eigenvalue weighted by Gasteiger charge is 2.32. The number of rotatable bonds is 4. The van der Waals surface area contributed by atoms with Crippen LogP contribution < -0.4 is 10.1 Å². The summed E-state index contributed by atoms with van der Waals surface area (Å²) in [6.45, 7) is 6.54. The SMILES string of the molecule is COc1ccccc1CN(C)C1CNC(C)(C)C1. The lowest BCUT2D eigenvalue weighted by molar-refractivity contribution is 0.237. The summed E-state index contributed by atoms with van der Waals surface area (Å²) >= 11 is 0. The second kappa shape index (κ2) is 5.29. The molecule has 0 amide bonds. The first kappa shape index (κ1) is 13.4. The Labute approximate surface area is 110 Å². The Kier molecular flexibility index (Phi) is 3.93. The van der Waals surface area contributed by atoms with E-state index in [0.29, 0.717) is 6.04 Å². The Morgan fingerprint density at radius 1 is 1.39 bits per heavy atom. The van der Waals surface area contributed by atoms with Gasteiger partial charge >= 0.3 is 0 Å². The van der Waals surface area contributed by atoms with Crippen molar-refractivity contribution in [3.8, 4) is 5.75 Å². The highest BCUT2D eigenvalue weighted by molar-refractivity contribution is 5.33. The summed E-state index contributed by atoms with van der Waals surface area (Å²) in [6.07, 6.45) is 1.19. The molecule has 1 unspecified atom stereocenters. The van der Waals surface area contributed by atoms with E-state index >= 15 is 0 Å². The van der Waals surface area contributed by atoms with Crippen LogP contribution in [-0.2, 0) is 6.54 Å². The molecule has 0 saturated carbocycles. The van der Waals surface area contributed by atoms with Gasteiger partial charge in [-0.3, -0.25) is 4.90 Å². The van der Waals surface area contributed by atoms with E-state index in [1.165, 1.54) is 12.0 Å². The minimum absolute atomic E-state index is 0.264. The van der Waals surface area contributed by atoms with Crippen LogP contribution in [0.5, 0.6) is 5.75 Å². The molecular formula is C15H24N2O. The van der Waals surface area contributed by atoms with E-state index in [1.807, 2.05) is 12.1 Å². The van der Waals surface area contributed by atoms with Gasteiger partial charge in [0.15, 0.2) is 0 Å². The monoisotopic (exact) mass is 248 g/mol. The number of likely N-dealkylation sites (N-methyl/N-ethyl adjacent to an activating group) is 1. The van der Waals surface area contributed by atoms with Crippen molar-refractivity contribution in [1.82, 2.24) is 10.2 Å². The molecule has 1 N–H and O–H groups in total. The highest BCUT2D eigenvalue weighted by Crippen LogP contribution is 2.25. The van der Waals surface area contributed by atoms with Gasteiger partial charge in [0.1, 0.15) is 5.75 Å². The Bertz CT molecular complexity index is 403. The lowest BCUT2D eigenvalue weighted by Gasteiger charge is -2.25. The Balaban J connectivity index is 2.01. The first-order valence-electron chi connectivity index (χ1n) is 6.59. The van der Waals surface area contributed by atoms with Crippen molar-refractivity contribution in [2.75, 3.05) is 20.7 Å². The van der Waals surface area contributed by atoms with Crippen LogP contribution >= 0.6 is 0 Å². The molecule has 0 aliphatic carbocycles. The molecule has 1 aromatic carbocycles. The lowest BCUT2D eigenvalue weighted by Crippen LogP contribution is -2.32. The van der Waals surface area contributed by atoms with Crippen molar-refractivity contribution in [2.45, 2.75) is 38.4 Å². The predicted octanol–water partition coefficient (Wildman–Crippen LogP) is 2.27. The second-order valence-corrected chi connectivity index (χ2v) is 5.85. The molecule has 1 heterocycles. The van der Waals surface area contributed by atoms with Crippen LogP contribution in [0.3, 0.4) is 0 Å². The molecule has 0 aromatic heterocycles. The van der Waals surface area contributed by atoms with Gasteiger partial charge in [0.2, 0.25) is 0 Å². The number of ether oxygens (including phenoxy) is 1. The first-order chi connectivity index (χ1) is 8.52. The lowest BCUT2D eigenvalue weighted by atomic mass is 10.0. The molecule has 0 spiro atoms. The third-order valence-corrected chi connectivity index (χ3v) is 3.80. The molecule has 3 nitrogen and oxygen atoms in total. The van der Waals surface area contributed by atoms with E-state index in [-0.39, 0.29) is 5.54 Å². The summed E-state index contributed by atoms with van der Waals surface area (Å²) in [4.78, 5) is 2.42. The van der Waals surface area contributed by atoms with Gasteiger partial charge in [-0.15, -0.1) is 0 Å². The smallest absolute Gasteiger partial charge is 0.123 e. The number of hydrogen-bond acceptors (Lipinski definition) is 3. The summed E-state index contributed by atoms with van der Waals surface area (Å²) in [7, 11) is 3.93. The van der Waals surface area contributed by atoms with E-state index in [4.69, 9.17) is 4.74 Å². The summed E-state index contributed by atoms with van der Waals surface area (Å²) < 4.78 is 5.41. The Hall–Kier alpha value is -1.06. The van der Waals surface area contributed by atoms with Crippen molar-refractivity contribution in [3.63, 3.8) is 0 Å². The van der Waals surface area contributed by atoms with Crippen LogP contribution in [0.1, 0.15) is 25.8 Å². The number of para-hydroxylation sites is 1. The molecule has 3 heteroatoms. The first-order valence-corrected chi connectivity index (χ1v) is 6.59. The molecule has 2 rings (SSSR count). The van der Waals surface area contributed by atoms with Crippen LogP contribution in [0, 0.1) is 0 Å². The van der Waals surface area contributed by atoms with Gasteiger partial charge in [-0.1, -0.05) is 18.2 Å². The third-order valence-electron chi connectivity index (χ3n) is 3.80. The standard InChI is InChI=1S/C15H24N2O/c1-15(2)9-13(10-16-15)17(3)11-12-7-5-6-8-14(12)18-4/h5-8,13,16H,9-11H2,1-4H3. The van der Waals surface area contributed by atoms with Gasteiger partial charge < -0.3 is 10.1 Å². The topological polar surface area (TPSA) is 24.5 Å². The zero-order valence-electron chi connectivity index (χ0n) is 11.9. The molecule has 18 heavy (non-hydrogen) atoms. The van der Waals surface area contributed by atoms with Gasteiger partial charge in [0, 0.05) is 30.2 Å². The number of methoxy groups -OCH3 is 1. The average molecular weight is 248 g/mol. The van der Waals surface area contributed by atoms with Gasteiger partial charge in [-0.2, -0.15) is 0 Å². The highest BCUT2D eigenvalue weighted by atomic mass is 16.5. The molecule has 1 aromatic rings. The average Bonchev–Trinajstić information content (AvgIpc) is 2.70. The Morgan fingerprint density at radius 2 is 2.11 bits per heavy atom. The molecule has 1 atom stereocenters. The van der Waals surface area contributed by atoms with Crippen molar-refractivity contribution in [2.24, 2.45) is 0 Å². The maximum Gasteiger partial charge on any atom is 0.123 e. The maximum atomic E-state index is 5.41. The van der Waals surface area contributed by atoms with Gasteiger partial charge in [-0.05, 0) is 33.4 Å². The maximum absolute atomic E-state index is 5.41. The molecule has 1 aliphatic rings. The van der Waals surface area contributed by atoms with E-state index in [2.05, 4.69) is 43.2 Å². The number of nitrogens with zero attached hydrogens (tertiary/aromatic N) is 1. The van der Waals surface area contributed by atoms with Crippen LogP contribution in [-0.4, -0.2) is 37.2 Å². The predicted molar refractivity (Wildman–Crippen MR) is 74.9 cm³/mol. The normalized spacial score (nSPS) is 22.4. The molecule has 1 fully saturated rings.